The van der Waals surface area contributed by atoms with Crippen LogP contribution in [0.25, 0.3) is 0 Å². The van der Waals surface area contributed by atoms with Crippen molar-refractivity contribution < 1.29 is 19.4 Å². The van der Waals surface area contributed by atoms with Crippen molar-refractivity contribution in [2.75, 3.05) is 19.0 Å². The van der Waals surface area contributed by atoms with Crippen LogP contribution in [0, 0.1) is 0 Å². The summed E-state index contributed by atoms with van der Waals surface area (Å²) in [6, 6.07) is 0. The van der Waals surface area contributed by atoms with Gasteiger partial charge in [-0.25, -0.2) is 4.68 Å². The molecule has 0 spiro atoms. The number of methoxy groups -OCH3 is 1. The molecule has 0 aliphatic carbocycles. The van der Waals surface area contributed by atoms with Gasteiger partial charge in [0.2, 0.25) is 0 Å². The van der Waals surface area contributed by atoms with Crippen molar-refractivity contribution in [2.24, 2.45) is 0 Å². The van der Waals surface area contributed by atoms with E-state index in [1.807, 2.05) is 0 Å². The van der Waals surface area contributed by atoms with Gasteiger partial charge in [0.25, 0.3) is 5.91 Å². The molecular formula is C11H14N6O4. The van der Waals surface area contributed by atoms with E-state index in [1.54, 1.807) is 18.0 Å². The van der Waals surface area contributed by atoms with Gasteiger partial charge in [0.05, 0.1) is 31.2 Å². The number of carboxylic acids is 1. The summed E-state index contributed by atoms with van der Waals surface area (Å²) in [4.78, 5) is 22.4. The number of aromatic nitrogens is 5. The van der Waals surface area contributed by atoms with Gasteiger partial charge in [-0.05, 0) is 0 Å². The second-order valence-corrected chi connectivity index (χ2v) is 4.13. The molecule has 2 aromatic rings. The number of nitrogens with zero attached hydrogens (tertiary/aromatic N) is 5. The molecule has 0 aliphatic rings. The fourth-order valence-electron chi connectivity index (χ4n) is 1.55. The summed E-state index contributed by atoms with van der Waals surface area (Å²) < 4.78 is 7.62. The molecule has 0 aliphatic heterocycles. The maximum atomic E-state index is 11.9. The van der Waals surface area contributed by atoms with E-state index in [2.05, 4.69) is 20.7 Å². The van der Waals surface area contributed by atoms with E-state index >= 15 is 0 Å². The summed E-state index contributed by atoms with van der Waals surface area (Å²) in [7, 11) is 1.59. The molecule has 0 atom stereocenters. The molecule has 0 bridgehead atoms. The molecule has 10 heteroatoms. The molecular weight excluding hydrogens is 280 g/mol. The lowest BCUT2D eigenvalue weighted by atomic mass is 10.4. The molecule has 10 nitrogen and oxygen atoms in total. The first kappa shape index (κ1) is 14.7. The molecule has 1 amide bonds. The summed E-state index contributed by atoms with van der Waals surface area (Å²) in [5.74, 6) is -1.55. The molecule has 0 fully saturated rings. The topological polar surface area (TPSA) is 124 Å². The van der Waals surface area contributed by atoms with Crippen LogP contribution < -0.4 is 5.32 Å². The summed E-state index contributed by atoms with van der Waals surface area (Å²) in [6.45, 7) is 0.731. The highest BCUT2D eigenvalue weighted by molar-refractivity contribution is 6.02. The average Bonchev–Trinajstić information content (AvgIpc) is 3.05. The molecule has 0 unspecified atom stereocenters. The Bertz CT molecular complexity index is 634. The Hall–Kier alpha value is -2.75. The number of rotatable bonds is 7. The van der Waals surface area contributed by atoms with Crippen LogP contribution in [-0.4, -0.2) is 55.5 Å². The van der Waals surface area contributed by atoms with Crippen LogP contribution in [0.3, 0.4) is 0 Å². The van der Waals surface area contributed by atoms with Crippen molar-refractivity contribution >= 4 is 17.6 Å². The van der Waals surface area contributed by atoms with Gasteiger partial charge in [-0.2, -0.15) is 5.10 Å². The molecule has 112 valence electrons. The van der Waals surface area contributed by atoms with E-state index in [0.29, 0.717) is 18.8 Å². The number of carboxylic acid groups (broad SMARTS) is 1. The van der Waals surface area contributed by atoms with Gasteiger partial charge >= 0.3 is 5.97 Å². The van der Waals surface area contributed by atoms with E-state index in [-0.39, 0.29) is 12.2 Å². The standard InChI is InChI=1S/C11H14N6O4/c1-21-3-2-16-5-8(4-12-16)13-11(20)9-6-17(15-14-9)7-10(18)19/h4-6H,2-3,7H2,1H3,(H,13,20)(H,18,19). The number of nitrogens with one attached hydrogen (secondary N) is 1. The molecule has 21 heavy (non-hydrogen) atoms. The molecule has 0 aromatic carbocycles. The number of carbonyl (C=O) groups is 2. The Morgan fingerprint density at radius 3 is 2.90 bits per heavy atom. The average molecular weight is 294 g/mol. The predicted octanol–water partition coefficient (Wildman–Crippen LogP) is -0.542. The van der Waals surface area contributed by atoms with Crippen molar-refractivity contribution in [1.82, 2.24) is 24.8 Å². The summed E-state index contributed by atoms with van der Waals surface area (Å²) in [5, 5.41) is 22.4. The maximum absolute atomic E-state index is 11.9. The molecule has 2 aromatic heterocycles. The molecule has 0 saturated heterocycles. The number of amides is 1. The Morgan fingerprint density at radius 1 is 1.38 bits per heavy atom. The smallest absolute Gasteiger partial charge is 0.325 e. The van der Waals surface area contributed by atoms with Gasteiger partial charge < -0.3 is 15.2 Å². The lowest BCUT2D eigenvalue weighted by Gasteiger charge is -1.99. The normalized spacial score (nSPS) is 10.5. The number of hydrogen-bond acceptors (Lipinski definition) is 6. The molecule has 2 N–H and O–H groups in total. The van der Waals surface area contributed by atoms with Crippen molar-refractivity contribution in [2.45, 2.75) is 13.1 Å². The molecule has 0 saturated carbocycles. The summed E-state index contributed by atoms with van der Waals surface area (Å²) >= 11 is 0. The van der Waals surface area contributed by atoms with Crippen LogP contribution in [0.2, 0.25) is 0 Å². The van der Waals surface area contributed by atoms with Gasteiger partial charge in [-0.3, -0.25) is 14.3 Å². The van der Waals surface area contributed by atoms with Crippen LogP contribution in [-0.2, 0) is 22.6 Å². The van der Waals surface area contributed by atoms with Crippen LogP contribution in [0.1, 0.15) is 10.5 Å². The van der Waals surface area contributed by atoms with Crippen LogP contribution in [0.15, 0.2) is 18.6 Å². The molecule has 2 heterocycles. The Labute approximate surface area is 119 Å². The van der Waals surface area contributed by atoms with E-state index in [4.69, 9.17) is 9.84 Å². The fourth-order valence-corrected chi connectivity index (χ4v) is 1.55. The predicted molar refractivity (Wildman–Crippen MR) is 69.7 cm³/mol. The third-order valence-corrected chi connectivity index (χ3v) is 2.48. The van der Waals surface area contributed by atoms with Crippen LogP contribution in [0.4, 0.5) is 5.69 Å². The second kappa shape index (κ2) is 6.61. The van der Waals surface area contributed by atoms with Crippen molar-refractivity contribution in [3.05, 3.63) is 24.3 Å². The monoisotopic (exact) mass is 294 g/mol. The zero-order chi connectivity index (χ0) is 15.2. The minimum absolute atomic E-state index is 0.0286. The van der Waals surface area contributed by atoms with Crippen molar-refractivity contribution in [3.8, 4) is 0 Å². The van der Waals surface area contributed by atoms with E-state index in [0.717, 1.165) is 4.68 Å². The van der Waals surface area contributed by atoms with Gasteiger partial charge in [0, 0.05) is 13.3 Å². The van der Waals surface area contributed by atoms with Crippen LogP contribution in [0.5, 0.6) is 0 Å². The summed E-state index contributed by atoms with van der Waals surface area (Å²) in [6.07, 6.45) is 4.41. The van der Waals surface area contributed by atoms with E-state index in [9.17, 15) is 9.59 Å². The second-order valence-electron chi connectivity index (χ2n) is 4.13. The number of aliphatic carboxylic acids is 1. The van der Waals surface area contributed by atoms with Crippen LogP contribution >= 0.6 is 0 Å². The Balaban J connectivity index is 1.95. The lowest BCUT2D eigenvalue weighted by molar-refractivity contribution is -0.137. The molecule has 0 radical (unpaired) electrons. The fraction of sp³-hybridized carbons (Fsp3) is 0.364. The first-order chi connectivity index (χ1) is 10.1. The number of anilines is 1. The largest absolute Gasteiger partial charge is 0.480 e. The first-order valence-electron chi connectivity index (χ1n) is 6.03. The minimum atomic E-state index is -1.06. The van der Waals surface area contributed by atoms with Gasteiger partial charge in [-0.1, -0.05) is 5.21 Å². The van der Waals surface area contributed by atoms with Gasteiger partial charge in [-0.15, -0.1) is 5.10 Å². The first-order valence-corrected chi connectivity index (χ1v) is 6.03. The maximum Gasteiger partial charge on any atom is 0.325 e. The third kappa shape index (κ3) is 4.11. The summed E-state index contributed by atoms with van der Waals surface area (Å²) in [5.41, 5.74) is 0.532. The highest BCUT2D eigenvalue weighted by Crippen LogP contribution is 2.07. The van der Waals surface area contributed by atoms with Gasteiger partial charge in [0.15, 0.2) is 5.69 Å². The van der Waals surface area contributed by atoms with E-state index < -0.39 is 11.9 Å². The van der Waals surface area contributed by atoms with E-state index in [1.165, 1.54) is 12.4 Å². The quantitative estimate of drug-likeness (QED) is 0.702. The number of carbonyl (C=O) groups excluding carboxylic acids is 1. The third-order valence-electron chi connectivity index (χ3n) is 2.48. The van der Waals surface area contributed by atoms with Crippen molar-refractivity contribution in [3.63, 3.8) is 0 Å². The highest BCUT2D eigenvalue weighted by atomic mass is 16.5. The number of hydrogen-bond donors (Lipinski definition) is 2. The SMILES string of the molecule is COCCn1cc(NC(=O)c2cn(CC(=O)O)nn2)cn1. The minimum Gasteiger partial charge on any atom is -0.480 e. The van der Waals surface area contributed by atoms with Crippen molar-refractivity contribution in [1.29, 1.82) is 0 Å². The lowest BCUT2D eigenvalue weighted by Crippen LogP contribution is -2.12. The Kier molecular flexibility index (Phi) is 4.61. The zero-order valence-electron chi connectivity index (χ0n) is 11.3. The molecule has 2 rings (SSSR count). The highest BCUT2D eigenvalue weighted by Gasteiger charge is 2.13. The Morgan fingerprint density at radius 2 is 2.19 bits per heavy atom. The van der Waals surface area contributed by atoms with Gasteiger partial charge in [0.1, 0.15) is 6.54 Å². The zero-order valence-corrected chi connectivity index (χ0v) is 11.3. The number of ether oxygens (including phenoxy) is 1.